The first-order valence-electron chi connectivity index (χ1n) is 5.72. The highest BCUT2D eigenvalue weighted by atomic mass is 79.9. The van der Waals surface area contributed by atoms with Crippen LogP contribution in [0.4, 0.5) is 0 Å². The normalized spacial score (nSPS) is 19.9. The summed E-state index contributed by atoms with van der Waals surface area (Å²) in [6.45, 7) is 3.09. The summed E-state index contributed by atoms with van der Waals surface area (Å²) < 4.78 is 33.2. The number of rotatable bonds is 4. The largest absolute Gasteiger partial charge is 0.381 e. The Labute approximate surface area is 120 Å². The van der Waals surface area contributed by atoms with Crippen molar-refractivity contribution < 1.29 is 13.2 Å². The highest BCUT2D eigenvalue weighted by Crippen LogP contribution is 2.28. The van der Waals surface area contributed by atoms with E-state index in [-0.39, 0.29) is 0 Å². The standard InChI is InChI=1S/C11H16BrNO3S2/c1-9-2-3-10(17-9)18(14,15)13-11(8-12)4-6-16-7-5-11/h2-3,13H,4-8H2,1H3. The van der Waals surface area contributed by atoms with E-state index in [1.54, 1.807) is 6.07 Å². The molecule has 0 amide bonds. The van der Waals surface area contributed by atoms with E-state index in [0.717, 1.165) is 4.88 Å². The summed E-state index contributed by atoms with van der Waals surface area (Å²) >= 11 is 4.71. The van der Waals surface area contributed by atoms with Crippen molar-refractivity contribution in [1.82, 2.24) is 4.72 Å². The van der Waals surface area contributed by atoms with Gasteiger partial charge in [0.15, 0.2) is 0 Å². The van der Waals surface area contributed by atoms with Crippen LogP contribution in [-0.2, 0) is 14.8 Å². The lowest BCUT2D eigenvalue weighted by Crippen LogP contribution is -2.53. The number of hydrogen-bond donors (Lipinski definition) is 1. The first kappa shape index (κ1) is 14.5. The molecule has 0 atom stereocenters. The van der Waals surface area contributed by atoms with Gasteiger partial charge >= 0.3 is 0 Å². The third kappa shape index (κ3) is 3.14. The van der Waals surface area contributed by atoms with Crippen molar-refractivity contribution in [3.63, 3.8) is 0 Å². The molecule has 0 radical (unpaired) electrons. The number of hydrogen-bond acceptors (Lipinski definition) is 4. The second-order valence-electron chi connectivity index (χ2n) is 4.50. The van der Waals surface area contributed by atoms with Crippen LogP contribution in [0.1, 0.15) is 17.7 Å². The van der Waals surface area contributed by atoms with Crippen molar-refractivity contribution in [2.24, 2.45) is 0 Å². The number of nitrogens with one attached hydrogen (secondary N) is 1. The Balaban J connectivity index is 2.21. The van der Waals surface area contributed by atoms with Crippen LogP contribution < -0.4 is 4.72 Å². The summed E-state index contributed by atoms with van der Waals surface area (Å²) in [6, 6.07) is 3.48. The maximum Gasteiger partial charge on any atom is 0.250 e. The molecule has 0 aliphatic carbocycles. The van der Waals surface area contributed by atoms with E-state index in [0.29, 0.717) is 35.6 Å². The Morgan fingerprint density at radius 2 is 2.11 bits per heavy atom. The van der Waals surface area contributed by atoms with Crippen molar-refractivity contribution >= 4 is 37.3 Å². The summed E-state index contributed by atoms with van der Waals surface area (Å²) in [6.07, 6.45) is 1.39. The molecule has 1 aromatic heterocycles. The van der Waals surface area contributed by atoms with Crippen molar-refractivity contribution in [3.8, 4) is 0 Å². The number of ether oxygens (including phenoxy) is 1. The molecule has 1 fully saturated rings. The molecular formula is C11H16BrNO3S2. The van der Waals surface area contributed by atoms with E-state index in [2.05, 4.69) is 20.7 Å². The van der Waals surface area contributed by atoms with E-state index in [1.165, 1.54) is 11.3 Å². The molecule has 7 heteroatoms. The van der Waals surface area contributed by atoms with Crippen molar-refractivity contribution in [2.45, 2.75) is 29.5 Å². The van der Waals surface area contributed by atoms with E-state index in [4.69, 9.17) is 4.74 Å². The minimum absolute atomic E-state index is 0.381. The van der Waals surface area contributed by atoms with Gasteiger partial charge in [-0.3, -0.25) is 0 Å². The van der Waals surface area contributed by atoms with E-state index in [9.17, 15) is 8.42 Å². The lowest BCUT2D eigenvalue weighted by atomic mass is 9.94. The Morgan fingerprint density at radius 3 is 2.61 bits per heavy atom. The predicted octanol–water partition coefficient (Wildman–Crippen LogP) is 2.28. The summed E-state index contributed by atoms with van der Waals surface area (Å²) in [4.78, 5) is 0.996. The molecule has 18 heavy (non-hydrogen) atoms. The molecule has 2 rings (SSSR count). The molecule has 4 nitrogen and oxygen atoms in total. The molecule has 0 saturated carbocycles. The zero-order valence-electron chi connectivity index (χ0n) is 10.1. The molecule has 1 N–H and O–H groups in total. The third-order valence-corrected chi connectivity index (χ3v) is 7.18. The molecule has 1 aromatic rings. The fourth-order valence-corrected chi connectivity index (χ4v) is 5.55. The zero-order valence-corrected chi connectivity index (χ0v) is 13.3. The van der Waals surface area contributed by atoms with Gasteiger partial charge in [0.1, 0.15) is 4.21 Å². The van der Waals surface area contributed by atoms with E-state index >= 15 is 0 Å². The van der Waals surface area contributed by atoms with Gasteiger partial charge in [-0.15, -0.1) is 11.3 Å². The van der Waals surface area contributed by atoms with Crippen LogP contribution in [0.2, 0.25) is 0 Å². The second-order valence-corrected chi connectivity index (χ2v) is 8.25. The van der Waals surface area contributed by atoms with Gasteiger partial charge in [0.05, 0.1) is 0 Å². The number of aryl methyl sites for hydroxylation is 1. The van der Waals surface area contributed by atoms with Crippen LogP contribution in [0.3, 0.4) is 0 Å². The van der Waals surface area contributed by atoms with Gasteiger partial charge in [0.25, 0.3) is 10.0 Å². The van der Waals surface area contributed by atoms with Crippen LogP contribution in [-0.4, -0.2) is 32.5 Å². The van der Waals surface area contributed by atoms with E-state index < -0.39 is 15.6 Å². The molecule has 1 aliphatic heterocycles. The van der Waals surface area contributed by atoms with Crippen LogP contribution in [0.25, 0.3) is 0 Å². The smallest absolute Gasteiger partial charge is 0.250 e. The molecule has 0 bridgehead atoms. The number of sulfonamides is 1. The Morgan fingerprint density at radius 1 is 1.44 bits per heavy atom. The summed E-state index contributed by atoms with van der Waals surface area (Å²) in [5.41, 5.74) is -0.422. The number of halogens is 1. The second kappa shape index (κ2) is 5.58. The average Bonchev–Trinajstić information content (AvgIpc) is 2.77. The Kier molecular flexibility index (Phi) is 4.48. The first-order chi connectivity index (χ1) is 8.47. The van der Waals surface area contributed by atoms with Crippen LogP contribution >= 0.6 is 27.3 Å². The summed E-state index contributed by atoms with van der Waals surface area (Å²) in [5.74, 6) is 0. The van der Waals surface area contributed by atoms with Gasteiger partial charge in [-0.2, -0.15) is 0 Å². The topological polar surface area (TPSA) is 55.4 Å². The Bertz CT molecular complexity index is 506. The third-order valence-electron chi connectivity index (χ3n) is 3.04. The monoisotopic (exact) mass is 353 g/mol. The van der Waals surface area contributed by atoms with Gasteiger partial charge in [0.2, 0.25) is 0 Å². The highest BCUT2D eigenvalue weighted by Gasteiger charge is 2.36. The molecule has 1 saturated heterocycles. The molecule has 0 unspecified atom stereocenters. The van der Waals surface area contributed by atoms with Gasteiger partial charge in [0, 0.05) is 29.0 Å². The molecular weight excluding hydrogens is 338 g/mol. The highest BCUT2D eigenvalue weighted by molar-refractivity contribution is 9.09. The van der Waals surface area contributed by atoms with Gasteiger partial charge in [-0.25, -0.2) is 13.1 Å². The first-order valence-corrected chi connectivity index (χ1v) is 9.14. The summed E-state index contributed by atoms with van der Waals surface area (Å²) in [7, 11) is -3.43. The SMILES string of the molecule is Cc1ccc(S(=O)(=O)NC2(CBr)CCOCC2)s1. The molecule has 0 aromatic carbocycles. The quantitative estimate of drug-likeness (QED) is 0.844. The molecule has 102 valence electrons. The lowest BCUT2D eigenvalue weighted by molar-refractivity contribution is 0.0557. The average molecular weight is 354 g/mol. The Hall–Kier alpha value is 0.0500. The van der Waals surface area contributed by atoms with Gasteiger partial charge in [-0.1, -0.05) is 15.9 Å². The van der Waals surface area contributed by atoms with Crippen LogP contribution in [0.5, 0.6) is 0 Å². The maximum absolute atomic E-state index is 12.3. The number of thiophene rings is 1. The molecule has 2 heterocycles. The van der Waals surface area contributed by atoms with Crippen molar-refractivity contribution in [1.29, 1.82) is 0 Å². The fourth-order valence-electron chi connectivity index (χ4n) is 1.92. The zero-order chi connectivity index (χ0) is 13.2. The van der Waals surface area contributed by atoms with Gasteiger partial charge in [-0.05, 0) is 31.9 Å². The molecule has 1 aliphatic rings. The number of alkyl halides is 1. The summed E-state index contributed by atoms with van der Waals surface area (Å²) in [5, 5.41) is 0.604. The van der Waals surface area contributed by atoms with Crippen molar-refractivity contribution in [2.75, 3.05) is 18.5 Å². The van der Waals surface area contributed by atoms with Gasteiger partial charge < -0.3 is 4.74 Å². The predicted molar refractivity (Wildman–Crippen MR) is 76.0 cm³/mol. The maximum atomic E-state index is 12.3. The van der Waals surface area contributed by atoms with Crippen molar-refractivity contribution in [3.05, 3.63) is 17.0 Å². The fraction of sp³-hybridized carbons (Fsp3) is 0.636. The van der Waals surface area contributed by atoms with E-state index in [1.807, 2.05) is 13.0 Å². The van der Waals surface area contributed by atoms with Crippen LogP contribution in [0, 0.1) is 6.92 Å². The molecule has 0 spiro atoms. The minimum atomic E-state index is -3.43. The minimum Gasteiger partial charge on any atom is -0.381 e. The van der Waals surface area contributed by atoms with Crippen LogP contribution in [0.15, 0.2) is 16.3 Å². The lowest BCUT2D eigenvalue weighted by Gasteiger charge is -2.35.